The van der Waals surface area contributed by atoms with E-state index in [1.165, 1.54) is 28.6 Å². The Bertz CT molecular complexity index is 1760. The van der Waals surface area contributed by atoms with Crippen molar-refractivity contribution in [3.8, 4) is 0 Å². The first kappa shape index (κ1) is 29.4. The van der Waals surface area contributed by atoms with E-state index in [2.05, 4.69) is 10.0 Å². The molecule has 0 saturated heterocycles. The summed E-state index contributed by atoms with van der Waals surface area (Å²) in [7, 11) is -7.47. The van der Waals surface area contributed by atoms with Gasteiger partial charge in [0.05, 0.1) is 29.1 Å². The predicted molar refractivity (Wildman–Crippen MR) is 160 cm³/mol. The van der Waals surface area contributed by atoms with Crippen molar-refractivity contribution in [2.45, 2.75) is 18.4 Å². The molecule has 2 N–H and O–H groups in total. The molecule has 208 valence electrons. The van der Waals surface area contributed by atoms with Gasteiger partial charge in [-0.1, -0.05) is 47.5 Å². The summed E-state index contributed by atoms with van der Waals surface area (Å²) in [4.78, 5) is 12.8. The van der Waals surface area contributed by atoms with Crippen molar-refractivity contribution < 1.29 is 21.6 Å². The molecule has 0 aliphatic rings. The number of benzene rings is 4. The minimum absolute atomic E-state index is 0.0179. The molecule has 0 aliphatic carbocycles. The zero-order chi connectivity index (χ0) is 29.1. The number of carbonyl (C=O) groups is 1. The lowest BCUT2D eigenvalue weighted by Gasteiger charge is -2.22. The summed E-state index contributed by atoms with van der Waals surface area (Å²) in [6.07, 6.45) is 1.11. The second-order valence-electron chi connectivity index (χ2n) is 8.94. The first-order valence-electron chi connectivity index (χ1n) is 11.8. The highest BCUT2D eigenvalue weighted by molar-refractivity contribution is 7.92. The Morgan fingerprint density at radius 2 is 1.50 bits per heavy atom. The van der Waals surface area contributed by atoms with Crippen LogP contribution in [-0.4, -0.2) is 29.0 Å². The number of hydrogen-bond donors (Lipinski definition) is 2. The Morgan fingerprint density at radius 3 is 2.12 bits per heavy atom. The number of anilines is 3. The summed E-state index contributed by atoms with van der Waals surface area (Å²) >= 11 is 12.1. The number of carbonyl (C=O) groups excluding carboxylic acids is 1. The van der Waals surface area contributed by atoms with Crippen LogP contribution in [0, 0.1) is 6.92 Å². The lowest BCUT2D eigenvalue weighted by atomic mass is 10.1. The third kappa shape index (κ3) is 7.14. The highest BCUT2D eigenvalue weighted by Crippen LogP contribution is 2.27. The summed E-state index contributed by atoms with van der Waals surface area (Å²) in [5.74, 6) is -0.412. The highest BCUT2D eigenvalue weighted by Gasteiger charge is 2.19. The van der Waals surface area contributed by atoms with Crippen LogP contribution in [0.1, 0.15) is 21.5 Å². The van der Waals surface area contributed by atoms with Gasteiger partial charge < -0.3 is 5.32 Å². The van der Waals surface area contributed by atoms with E-state index in [4.69, 9.17) is 23.2 Å². The van der Waals surface area contributed by atoms with Crippen molar-refractivity contribution in [1.29, 1.82) is 0 Å². The first-order valence-corrected chi connectivity index (χ1v) is 15.9. The molecule has 0 fully saturated rings. The Hall–Kier alpha value is -3.57. The Balaban J connectivity index is 1.43. The summed E-state index contributed by atoms with van der Waals surface area (Å²) < 4.78 is 54.2. The zero-order valence-corrected chi connectivity index (χ0v) is 24.6. The third-order valence-electron chi connectivity index (χ3n) is 5.97. The molecule has 0 spiro atoms. The fraction of sp³-hybridized carbons (Fsp3) is 0.107. The van der Waals surface area contributed by atoms with E-state index in [0.717, 1.165) is 6.26 Å². The summed E-state index contributed by atoms with van der Waals surface area (Å²) in [6, 6.07) is 23.7. The van der Waals surface area contributed by atoms with Gasteiger partial charge in [-0.2, -0.15) is 0 Å². The molecule has 0 saturated carbocycles. The van der Waals surface area contributed by atoms with Crippen molar-refractivity contribution in [2.24, 2.45) is 0 Å². The maximum absolute atomic E-state index is 12.8. The maximum Gasteiger partial charge on any atom is 0.261 e. The standard InChI is InChI=1S/C28H25Cl2N3O5S2/c1-19-26(30)7-4-8-27(19)32-40(37,38)25-15-13-23(14-16-25)31-28(34)21-11-9-20(10-12-21)18-33(39(2,35)36)24-6-3-5-22(29)17-24/h3-17,32H,18H2,1-2H3,(H,31,34). The molecule has 0 radical (unpaired) electrons. The monoisotopic (exact) mass is 617 g/mol. The molecule has 12 heteroatoms. The number of nitrogens with zero attached hydrogens (tertiary/aromatic N) is 1. The first-order chi connectivity index (χ1) is 18.8. The number of halogens is 2. The molecule has 4 aromatic rings. The number of rotatable bonds is 9. The molecule has 0 aromatic heterocycles. The summed E-state index contributed by atoms with van der Waals surface area (Å²) in [5, 5.41) is 3.58. The second kappa shape index (κ2) is 11.9. The van der Waals surface area contributed by atoms with E-state index in [1.807, 2.05) is 0 Å². The number of amides is 1. The van der Waals surface area contributed by atoms with Crippen LogP contribution < -0.4 is 14.3 Å². The van der Waals surface area contributed by atoms with Crippen molar-refractivity contribution in [3.05, 3.63) is 118 Å². The molecule has 8 nitrogen and oxygen atoms in total. The molecule has 0 heterocycles. The average Bonchev–Trinajstić information content (AvgIpc) is 2.90. The summed E-state index contributed by atoms with van der Waals surface area (Å²) in [5.41, 5.74) is 2.82. The van der Waals surface area contributed by atoms with Crippen molar-refractivity contribution >= 4 is 66.2 Å². The average molecular weight is 619 g/mol. The Labute approximate surface area is 243 Å². The molecular formula is C28H25Cl2N3O5S2. The number of nitrogens with one attached hydrogen (secondary N) is 2. The molecule has 0 bridgehead atoms. The van der Waals surface area contributed by atoms with E-state index in [1.54, 1.807) is 73.7 Å². The minimum Gasteiger partial charge on any atom is -0.322 e. The molecule has 4 aromatic carbocycles. The Kier molecular flexibility index (Phi) is 8.74. The molecule has 1 amide bonds. The van der Waals surface area contributed by atoms with Crippen LogP contribution in [0.3, 0.4) is 0 Å². The van der Waals surface area contributed by atoms with Gasteiger partial charge in [-0.25, -0.2) is 16.8 Å². The quantitative estimate of drug-likeness (QED) is 0.228. The minimum atomic E-state index is -3.87. The third-order valence-corrected chi connectivity index (χ3v) is 9.14. The molecular weight excluding hydrogens is 593 g/mol. The van der Waals surface area contributed by atoms with E-state index >= 15 is 0 Å². The van der Waals surface area contributed by atoms with Gasteiger partial charge in [0, 0.05) is 21.3 Å². The SMILES string of the molecule is Cc1c(Cl)cccc1NS(=O)(=O)c1ccc(NC(=O)c2ccc(CN(c3cccc(Cl)c3)S(C)(=O)=O)cc2)cc1. The van der Waals surface area contributed by atoms with Crippen LogP contribution in [0.4, 0.5) is 17.1 Å². The van der Waals surface area contributed by atoms with Crippen molar-refractivity contribution in [1.82, 2.24) is 0 Å². The maximum atomic E-state index is 12.8. The van der Waals surface area contributed by atoms with E-state index in [0.29, 0.717) is 43.8 Å². The highest BCUT2D eigenvalue weighted by atomic mass is 35.5. The lowest BCUT2D eigenvalue weighted by molar-refractivity contribution is 0.102. The normalized spacial score (nSPS) is 11.6. The van der Waals surface area contributed by atoms with Crippen LogP contribution in [0.25, 0.3) is 0 Å². The Morgan fingerprint density at radius 1 is 0.850 bits per heavy atom. The molecule has 4 rings (SSSR count). The van der Waals surface area contributed by atoms with Crippen LogP contribution in [0.15, 0.2) is 95.9 Å². The van der Waals surface area contributed by atoms with Gasteiger partial charge in [-0.3, -0.25) is 13.8 Å². The smallest absolute Gasteiger partial charge is 0.261 e. The van der Waals surface area contributed by atoms with E-state index in [-0.39, 0.29) is 11.4 Å². The predicted octanol–water partition coefficient (Wildman–Crippen LogP) is 6.32. The van der Waals surface area contributed by atoms with Gasteiger partial charge in [0.25, 0.3) is 15.9 Å². The summed E-state index contributed by atoms with van der Waals surface area (Å²) in [6.45, 7) is 1.77. The van der Waals surface area contributed by atoms with Gasteiger partial charge in [-0.05, 0) is 84.8 Å². The van der Waals surface area contributed by atoms with Crippen LogP contribution in [0.2, 0.25) is 10.0 Å². The molecule has 40 heavy (non-hydrogen) atoms. The van der Waals surface area contributed by atoms with Crippen LogP contribution >= 0.6 is 23.2 Å². The van der Waals surface area contributed by atoms with Gasteiger partial charge >= 0.3 is 0 Å². The van der Waals surface area contributed by atoms with Gasteiger partial charge in [0.1, 0.15) is 0 Å². The van der Waals surface area contributed by atoms with E-state index < -0.39 is 26.0 Å². The zero-order valence-electron chi connectivity index (χ0n) is 21.4. The van der Waals surface area contributed by atoms with Crippen LogP contribution in [0.5, 0.6) is 0 Å². The molecule has 0 unspecified atom stereocenters. The molecule has 0 aliphatic heterocycles. The fourth-order valence-electron chi connectivity index (χ4n) is 3.80. The van der Waals surface area contributed by atoms with Gasteiger partial charge in [0.2, 0.25) is 10.0 Å². The van der Waals surface area contributed by atoms with Gasteiger partial charge in [0.15, 0.2) is 0 Å². The van der Waals surface area contributed by atoms with Gasteiger partial charge in [-0.15, -0.1) is 0 Å². The largest absolute Gasteiger partial charge is 0.322 e. The fourth-order valence-corrected chi connectivity index (χ4v) is 6.16. The lowest BCUT2D eigenvalue weighted by Crippen LogP contribution is -2.29. The number of hydrogen-bond acceptors (Lipinski definition) is 5. The number of sulfonamides is 2. The van der Waals surface area contributed by atoms with E-state index in [9.17, 15) is 21.6 Å². The second-order valence-corrected chi connectivity index (χ2v) is 13.4. The van der Waals surface area contributed by atoms with Crippen molar-refractivity contribution in [3.63, 3.8) is 0 Å². The topological polar surface area (TPSA) is 113 Å². The molecule has 0 atom stereocenters. The van der Waals surface area contributed by atoms with Crippen LogP contribution in [-0.2, 0) is 26.6 Å². The van der Waals surface area contributed by atoms with Crippen molar-refractivity contribution in [2.75, 3.05) is 20.6 Å².